The maximum absolute atomic E-state index is 9.46. The molecule has 2 heteroatoms. The highest BCUT2D eigenvalue weighted by atomic mass is 16.3. The minimum absolute atomic E-state index is 0.280. The molecule has 98 valence electrons. The molecule has 17 heavy (non-hydrogen) atoms. The molecule has 3 fully saturated rings. The summed E-state index contributed by atoms with van der Waals surface area (Å²) < 4.78 is 0. The summed E-state index contributed by atoms with van der Waals surface area (Å²) in [6.07, 6.45) is 9.56. The molecule has 0 amide bonds. The molecule has 2 nitrogen and oxygen atoms in total. The van der Waals surface area contributed by atoms with E-state index in [1.807, 2.05) is 0 Å². The Hall–Kier alpha value is -0.0800. The molecule has 6 atom stereocenters. The van der Waals surface area contributed by atoms with E-state index in [9.17, 15) is 10.2 Å². The Morgan fingerprint density at radius 3 is 1.53 bits per heavy atom. The minimum Gasteiger partial charge on any atom is -0.396 e. The van der Waals surface area contributed by atoms with Gasteiger partial charge in [-0.3, -0.25) is 0 Å². The summed E-state index contributed by atoms with van der Waals surface area (Å²) in [5.41, 5.74) is 0. The van der Waals surface area contributed by atoms with E-state index in [1.54, 1.807) is 0 Å². The van der Waals surface area contributed by atoms with Crippen LogP contribution >= 0.6 is 0 Å². The van der Waals surface area contributed by atoms with E-state index in [4.69, 9.17) is 0 Å². The maximum atomic E-state index is 9.46. The number of aliphatic hydroxyl groups is 2. The van der Waals surface area contributed by atoms with Gasteiger partial charge in [-0.25, -0.2) is 0 Å². The van der Waals surface area contributed by atoms with E-state index in [-0.39, 0.29) is 13.2 Å². The van der Waals surface area contributed by atoms with E-state index in [0.29, 0.717) is 11.8 Å². The largest absolute Gasteiger partial charge is 0.396 e. The number of aliphatic hydroxyl groups excluding tert-OH is 2. The average Bonchev–Trinajstić information content (AvgIpc) is 2.81. The SMILES string of the molecule is OCC1CC2CC3CCCC3CC2CC1CO. The molecule has 3 saturated carbocycles. The van der Waals surface area contributed by atoms with Crippen molar-refractivity contribution < 1.29 is 10.2 Å². The summed E-state index contributed by atoms with van der Waals surface area (Å²) in [4.78, 5) is 0. The van der Waals surface area contributed by atoms with Gasteiger partial charge in [-0.2, -0.15) is 0 Å². The number of fused-ring (bicyclic) bond motifs is 2. The standard InChI is InChI=1S/C15H26O2/c16-8-14-6-12-4-10-2-1-3-11(10)5-13(12)7-15(14)9-17/h10-17H,1-9H2. The fraction of sp³-hybridized carbons (Fsp3) is 1.00. The molecule has 2 N–H and O–H groups in total. The van der Waals surface area contributed by atoms with Crippen LogP contribution in [0.5, 0.6) is 0 Å². The summed E-state index contributed by atoms with van der Waals surface area (Å²) in [6, 6.07) is 0. The van der Waals surface area contributed by atoms with Gasteiger partial charge >= 0.3 is 0 Å². The van der Waals surface area contributed by atoms with Crippen LogP contribution in [0.3, 0.4) is 0 Å². The van der Waals surface area contributed by atoms with E-state index in [2.05, 4.69) is 0 Å². The molecule has 0 bridgehead atoms. The molecule has 0 aromatic heterocycles. The smallest absolute Gasteiger partial charge is 0.0462 e. The number of hydrogen-bond donors (Lipinski definition) is 2. The molecule has 0 spiro atoms. The van der Waals surface area contributed by atoms with Gasteiger partial charge in [0.1, 0.15) is 0 Å². The Labute approximate surface area is 104 Å². The normalized spacial score (nSPS) is 49.8. The zero-order valence-electron chi connectivity index (χ0n) is 10.7. The van der Waals surface area contributed by atoms with Crippen LogP contribution in [0.1, 0.15) is 44.9 Å². The third kappa shape index (κ3) is 2.15. The van der Waals surface area contributed by atoms with Crippen molar-refractivity contribution in [2.45, 2.75) is 44.9 Å². The van der Waals surface area contributed by atoms with Crippen molar-refractivity contribution in [1.82, 2.24) is 0 Å². The zero-order valence-corrected chi connectivity index (χ0v) is 10.7. The van der Waals surface area contributed by atoms with E-state index in [1.165, 1.54) is 44.9 Å². The van der Waals surface area contributed by atoms with Crippen molar-refractivity contribution in [1.29, 1.82) is 0 Å². The summed E-state index contributed by atoms with van der Waals surface area (Å²) in [5.74, 6) is 4.46. The monoisotopic (exact) mass is 238 g/mol. The van der Waals surface area contributed by atoms with E-state index >= 15 is 0 Å². The number of hydrogen-bond acceptors (Lipinski definition) is 2. The summed E-state index contributed by atoms with van der Waals surface area (Å²) in [7, 11) is 0. The van der Waals surface area contributed by atoms with Gasteiger partial charge < -0.3 is 10.2 Å². The first kappa shape index (κ1) is 12.0. The van der Waals surface area contributed by atoms with Crippen LogP contribution in [0.4, 0.5) is 0 Å². The molecular formula is C15H26O2. The third-order valence-corrected chi connectivity index (χ3v) is 6.04. The molecule has 3 aliphatic carbocycles. The quantitative estimate of drug-likeness (QED) is 0.775. The van der Waals surface area contributed by atoms with Gasteiger partial charge in [0, 0.05) is 13.2 Å². The van der Waals surface area contributed by atoms with Gasteiger partial charge in [0.05, 0.1) is 0 Å². The van der Waals surface area contributed by atoms with Crippen LogP contribution in [-0.4, -0.2) is 23.4 Å². The van der Waals surface area contributed by atoms with Gasteiger partial charge in [0.15, 0.2) is 0 Å². The van der Waals surface area contributed by atoms with Crippen molar-refractivity contribution >= 4 is 0 Å². The molecule has 0 aromatic carbocycles. The van der Waals surface area contributed by atoms with Crippen molar-refractivity contribution in [3.63, 3.8) is 0 Å². The highest BCUT2D eigenvalue weighted by molar-refractivity contribution is 4.94. The molecule has 0 saturated heterocycles. The lowest BCUT2D eigenvalue weighted by Gasteiger charge is -2.46. The van der Waals surface area contributed by atoms with Gasteiger partial charge in [0.2, 0.25) is 0 Å². The second kappa shape index (κ2) is 4.89. The lowest BCUT2D eigenvalue weighted by Crippen LogP contribution is -2.40. The summed E-state index contributed by atoms with van der Waals surface area (Å²) in [5, 5.41) is 18.9. The van der Waals surface area contributed by atoms with Gasteiger partial charge in [0.25, 0.3) is 0 Å². The highest BCUT2D eigenvalue weighted by Gasteiger charge is 2.44. The van der Waals surface area contributed by atoms with E-state index in [0.717, 1.165) is 23.7 Å². The molecule has 0 aromatic rings. The number of rotatable bonds is 2. The van der Waals surface area contributed by atoms with Crippen LogP contribution in [-0.2, 0) is 0 Å². The Morgan fingerprint density at radius 2 is 1.12 bits per heavy atom. The fourth-order valence-corrected chi connectivity index (χ4v) is 5.08. The predicted octanol–water partition coefficient (Wildman–Crippen LogP) is 2.44. The molecule has 0 heterocycles. The summed E-state index contributed by atoms with van der Waals surface area (Å²) >= 11 is 0. The molecule has 3 rings (SSSR count). The van der Waals surface area contributed by atoms with E-state index < -0.39 is 0 Å². The second-order valence-electron chi connectivity index (χ2n) is 6.80. The van der Waals surface area contributed by atoms with Gasteiger partial charge in [-0.1, -0.05) is 19.3 Å². The molecule has 6 unspecified atom stereocenters. The van der Waals surface area contributed by atoms with Crippen molar-refractivity contribution in [3.05, 3.63) is 0 Å². The molecule has 3 aliphatic rings. The zero-order chi connectivity index (χ0) is 11.8. The highest BCUT2D eigenvalue weighted by Crippen LogP contribution is 2.53. The average molecular weight is 238 g/mol. The van der Waals surface area contributed by atoms with Gasteiger partial charge in [-0.05, 0) is 61.2 Å². The fourth-order valence-electron chi connectivity index (χ4n) is 5.08. The summed E-state index contributed by atoms with van der Waals surface area (Å²) in [6.45, 7) is 0.561. The Balaban J connectivity index is 1.69. The van der Waals surface area contributed by atoms with Crippen LogP contribution in [0.15, 0.2) is 0 Å². The third-order valence-electron chi connectivity index (χ3n) is 6.04. The van der Waals surface area contributed by atoms with Crippen LogP contribution in [0.25, 0.3) is 0 Å². The lowest BCUT2D eigenvalue weighted by molar-refractivity contribution is -0.00603. The second-order valence-corrected chi connectivity index (χ2v) is 6.80. The first-order valence-electron chi connectivity index (χ1n) is 7.53. The Bertz CT molecular complexity index is 240. The molecular weight excluding hydrogens is 212 g/mol. The minimum atomic E-state index is 0.280. The van der Waals surface area contributed by atoms with Crippen molar-refractivity contribution in [3.8, 4) is 0 Å². The van der Waals surface area contributed by atoms with Crippen molar-refractivity contribution in [2.75, 3.05) is 13.2 Å². The molecule has 0 radical (unpaired) electrons. The van der Waals surface area contributed by atoms with Crippen molar-refractivity contribution in [2.24, 2.45) is 35.5 Å². The Morgan fingerprint density at radius 1 is 0.647 bits per heavy atom. The first-order chi connectivity index (χ1) is 8.31. The topological polar surface area (TPSA) is 40.5 Å². The molecule has 0 aliphatic heterocycles. The lowest BCUT2D eigenvalue weighted by atomic mass is 9.59. The predicted molar refractivity (Wildman–Crippen MR) is 67.4 cm³/mol. The first-order valence-corrected chi connectivity index (χ1v) is 7.53. The van der Waals surface area contributed by atoms with Crippen LogP contribution in [0.2, 0.25) is 0 Å². The van der Waals surface area contributed by atoms with Gasteiger partial charge in [-0.15, -0.1) is 0 Å². The van der Waals surface area contributed by atoms with Crippen LogP contribution in [0, 0.1) is 35.5 Å². The maximum Gasteiger partial charge on any atom is 0.0462 e. The van der Waals surface area contributed by atoms with Crippen LogP contribution < -0.4 is 0 Å². The Kier molecular flexibility index (Phi) is 3.45.